The van der Waals surface area contributed by atoms with Crippen LogP contribution in [0.15, 0.2) is 23.8 Å². The number of unbranched alkanes of at least 4 members (excludes halogenated alkanes) is 2. The summed E-state index contributed by atoms with van der Waals surface area (Å²) in [6, 6.07) is 0. The molecule has 8 heteroatoms. The first-order valence-corrected chi connectivity index (χ1v) is 12.6. The predicted molar refractivity (Wildman–Crippen MR) is 133 cm³/mol. The summed E-state index contributed by atoms with van der Waals surface area (Å²) in [5, 5.41) is 21.7. The third kappa shape index (κ3) is 12.8. The highest BCUT2D eigenvalue weighted by molar-refractivity contribution is 5.97. The summed E-state index contributed by atoms with van der Waals surface area (Å²) in [5.41, 5.74) is 1.03. The molecular weight excluding hydrogens is 450 g/mol. The molecule has 1 aliphatic heterocycles. The van der Waals surface area contributed by atoms with Gasteiger partial charge in [-0.25, -0.2) is 0 Å². The number of hydrogen-bond acceptors (Lipinski definition) is 6. The van der Waals surface area contributed by atoms with Gasteiger partial charge < -0.3 is 14.9 Å². The number of methoxy groups -OCH3 is 1. The molecule has 4 atom stereocenters. The van der Waals surface area contributed by atoms with Gasteiger partial charge in [0.15, 0.2) is 0 Å². The second-order valence-electron chi connectivity index (χ2n) is 9.84. The quantitative estimate of drug-likeness (QED) is 0.159. The molecule has 3 N–H and O–H groups in total. The Morgan fingerprint density at radius 3 is 2.37 bits per heavy atom. The number of rotatable bonds is 17. The molecule has 0 aromatic heterocycles. The summed E-state index contributed by atoms with van der Waals surface area (Å²) in [7, 11) is 1.54. The summed E-state index contributed by atoms with van der Waals surface area (Å²) in [6.07, 6.45) is 9.88. The van der Waals surface area contributed by atoms with Crippen molar-refractivity contribution in [2.24, 2.45) is 17.8 Å². The van der Waals surface area contributed by atoms with E-state index in [4.69, 9.17) is 9.84 Å². The molecule has 0 aliphatic carbocycles. The third-order valence-corrected chi connectivity index (χ3v) is 6.47. The number of ether oxygens (including phenoxy) is 1. The highest BCUT2D eigenvalue weighted by Crippen LogP contribution is 2.23. The van der Waals surface area contributed by atoms with E-state index in [-0.39, 0.29) is 41.8 Å². The van der Waals surface area contributed by atoms with E-state index in [0.717, 1.165) is 18.4 Å². The lowest BCUT2D eigenvalue weighted by molar-refractivity contribution is -0.137. The van der Waals surface area contributed by atoms with Crippen molar-refractivity contribution in [3.8, 4) is 0 Å². The van der Waals surface area contributed by atoms with Crippen LogP contribution in [0.4, 0.5) is 0 Å². The van der Waals surface area contributed by atoms with E-state index in [1.54, 1.807) is 7.11 Å². The van der Waals surface area contributed by atoms with Crippen molar-refractivity contribution in [3.05, 3.63) is 23.8 Å². The fraction of sp³-hybridized carbons (Fsp3) is 0.704. The molecule has 8 nitrogen and oxygen atoms in total. The van der Waals surface area contributed by atoms with Crippen LogP contribution in [0.2, 0.25) is 0 Å². The molecule has 1 fully saturated rings. The summed E-state index contributed by atoms with van der Waals surface area (Å²) in [6.45, 7) is 5.78. The van der Waals surface area contributed by atoms with Crippen molar-refractivity contribution < 1.29 is 34.1 Å². The third-order valence-electron chi connectivity index (χ3n) is 6.47. The molecule has 1 aliphatic rings. The first-order chi connectivity index (χ1) is 16.5. The summed E-state index contributed by atoms with van der Waals surface area (Å²) in [5.74, 6) is -1.38. The van der Waals surface area contributed by atoms with Gasteiger partial charge >= 0.3 is 5.97 Å². The molecule has 0 bridgehead atoms. The maximum atomic E-state index is 12.6. The van der Waals surface area contributed by atoms with E-state index >= 15 is 0 Å². The van der Waals surface area contributed by atoms with E-state index in [0.29, 0.717) is 44.9 Å². The van der Waals surface area contributed by atoms with E-state index in [1.807, 2.05) is 39.0 Å². The van der Waals surface area contributed by atoms with Gasteiger partial charge in [0, 0.05) is 44.6 Å². The topological polar surface area (TPSA) is 130 Å². The zero-order valence-electron chi connectivity index (χ0n) is 21.6. The van der Waals surface area contributed by atoms with Crippen LogP contribution in [0.3, 0.4) is 0 Å². The number of ketones is 1. The van der Waals surface area contributed by atoms with Gasteiger partial charge in [-0.3, -0.25) is 24.5 Å². The Bertz CT molecular complexity index is 757. The van der Waals surface area contributed by atoms with Crippen LogP contribution in [0, 0.1) is 17.8 Å². The number of carbonyl (C=O) groups is 4. The van der Waals surface area contributed by atoms with Gasteiger partial charge in [-0.05, 0) is 51.4 Å². The highest BCUT2D eigenvalue weighted by atomic mass is 16.5. The van der Waals surface area contributed by atoms with Crippen LogP contribution in [-0.2, 0) is 23.9 Å². The molecule has 1 heterocycles. The van der Waals surface area contributed by atoms with Crippen molar-refractivity contribution >= 4 is 23.6 Å². The lowest BCUT2D eigenvalue weighted by Gasteiger charge is -2.23. The summed E-state index contributed by atoms with van der Waals surface area (Å²) >= 11 is 0. The minimum Gasteiger partial charge on any atom is -0.481 e. The fourth-order valence-corrected chi connectivity index (χ4v) is 4.48. The molecule has 0 aromatic carbocycles. The Labute approximate surface area is 209 Å². The Balaban J connectivity index is 2.44. The number of imide groups is 1. The molecule has 0 spiro atoms. The Morgan fingerprint density at radius 2 is 1.77 bits per heavy atom. The van der Waals surface area contributed by atoms with E-state index < -0.39 is 18.2 Å². The number of aliphatic hydroxyl groups excluding tert-OH is 1. The number of aliphatic carboxylic acids is 1. The van der Waals surface area contributed by atoms with Crippen LogP contribution in [0.5, 0.6) is 0 Å². The SMILES string of the molecule is CO[C@@H](C=CCCCCC(=O)O)[C@@H](O)[C@H](C)C=C(C)C[C@H](C)C(=O)CCCC1CC(=O)NC(=O)C1. The summed E-state index contributed by atoms with van der Waals surface area (Å²) in [4.78, 5) is 46.1. The van der Waals surface area contributed by atoms with Crippen LogP contribution in [-0.4, -0.2) is 53.1 Å². The number of allylic oxidation sites excluding steroid dienone is 2. The molecule has 0 unspecified atom stereocenters. The monoisotopic (exact) mass is 493 g/mol. The smallest absolute Gasteiger partial charge is 0.303 e. The van der Waals surface area contributed by atoms with E-state index in [9.17, 15) is 24.3 Å². The van der Waals surface area contributed by atoms with Crippen LogP contribution in [0.1, 0.15) is 85.0 Å². The molecular formula is C27H43NO7. The maximum Gasteiger partial charge on any atom is 0.303 e. The fourth-order valence-electron chi connectivity index (χ4n) is 4.48. The van der Waals surface area contributed by atoms with Crippen molar-refractivity contribution in [2.75, 3.05) is 7.11 Å². The number of carboxylic acids is 1. The molecule has 2 amide bonds. The Morgan fingerprint density at radius 1 is 1.11 bits per heavy atom. The lowest BCUT2D eigenvalue weighted by Crippen LogP contribution is -2.38. The predicted octanol–water partition coefficient (Wildman–Crippen LogP) is 3.96. The first kappa shape index (κ1) is 30.7. The van der Waals surface area contributed by atoms with Gasteiger partial charge in [-0.15, -0.1) is 0 Å². The number of hydrogen-bond donors (Lipinski definition) is 3. The van der Waals surface area contributed by atoms with Crippen molar-refractivity contribution in [3.63, 3.8) is 0 Å². The standard InChI is InChI=1S/C27H43NO7/c1-18(14-19(2)22(29)11-9-10-21-16-24(30)28-25(31)17-21)15-20(3)27(34)23(35-4)12-7-5-6-8-13-26(32)33/h7,12,15,19-21,23,27,34H,5-6,8-11,13-14,16-17H2,1-4H3,(H,32,33)(H,28,30,31)/t19-,20+,23-,27-/m0/s1. The number of piperidine rings is 1. The Kier molecular flexibility index (Phi) is 14.4. The van der Waals surface area contributed by atoms with Crippen LogP contribution >= 0.6 is 0 Å². The van der Waals surface area contributed by atoms with Gasteiger partial charge in [0.05, 0.1) is 6.10 Å². The highest BCUT2D eigenvalue weighted by Gasteiger charge is 2.25. The minimum atomic E-state index is -0.793. The second kappa shape index (κ2) is 16.4. The number of carbonyl (C=O) groups excluding carboxylic acids is 3. The maximum absolute atomic E-state index is 12.6. The normalized spacial score (nSPS) is 18.8. The molecule has 1 rings (SSSR count). The van der Waals surface area contributed by atoms with Crippen molar-refractivity contribution in [1.82, 2.24) is 5.32 Å². The van der Waals surface area contributed by atoms with Gasteiger partial charge in [0.1, 0.15) is 11.9 Å². The van der Waals surface area contributed by atoms with Gasteiger partial charge in [0.2, 0.25) is 11.8 Å². The largest absolute Gasteiger partial charge is 0.481 e. The number of nitrogens with one attached hydrogen (secondary N) is 1. The molecule has 1 saturated heterocycles. The first-order valence-electron chi connectivity index (χ1n) is 12.6. The molecule has 35 heavy (non-hydrogen) atoms. The van der Waals surface area contributed by atoms with Crippen molar-refractivity contribution in [2.45, 2.75) is 97.2 Å². The zero-order chi connectivity index (χ0) is 26.4. The number of carboxylic acid groups (broad SMARTS) is 1. The van der Waals surface area contributed by atoms with Gasteiger partial charge in [0.25, 0.3) is 0 Å². The van der Waals surface area contributed by atoms with E-state index in [1.165, 1.54) is 0 Å². The van der Waals surface area contributed by atoms with Crippen LogP contribution < -0.4 is 5.32 Å². The van der Waals surface area contributed by atoms with Gasteiger partial charge in [-0.2, -0.15) is 0 Å². The molecule has 0 saturated carbocycles. The summed E-state index contributed by atoms with van der Waals surface area (Å²) < 4.78 is 5.43. The number of amides is 2. The van der Waals surface area contributed by atoms with Gasteiger partial charge in [-0.1, -0.05) is 37.6 Å². The Hall–Kier alpha value is -2.32. The van der Waals surface area contributed by atoms with E-state index in [2.05, 4.69) is 5.32 Å². The van der Waals surface area contributed by atoms with Crippen LogP contribution in [0.25, 0.3) is 0 Å². The molecule has 198 valence electrons. The average molecular weight is 494 g/mol. The number of Topliss-reactive ketones (excluding diaryl/α,β-unsaturated/α-hetero) is 1. The number of aliphatic hydroxyl groups is 1. The van der Waals surface area contributed by atoms with Crippen molar-refractivity contribution in [1.29, 1.82) is 0 Å². The molecule has 0 radical (unpaired) electrons. The lowest BCUT2D eigenvalue weighted by atomic mass is 9.88. The average Bonchev–Trinajstić information content (AvgIpc) is 2.77. The second-order valence-corrected chi connectivity index (χ2v) is 9.84. The zero-order valence-corrected chi connectivity index (χ0v) is 21.6. The minimum absolute atomic E-state index is 0.0239. The molecule has 0 aromatic rings.